The van der Waals surface area contributed by atoms with Crippen LogP contribution in [0.2, 0.25) is 0 Å². The third kappa shape index (κ3) is 3.34. The summed E-state index contributed by atoms with van der Waals surface area (Å²) in [4.78, 5) is 8.13. The van der Waals surface area contributed by atoms with Crippen molar-refractivity contribution in [3.63, 3.8) is 0 Å². The lowest BCUT2D eigenvalue weighted by Gasteiger charge is -2.42. The molecule has 0 aromatic heterocycles. The maximum Gasteiger partial charge on any atom is 0.0356 e. The number of thioether (sulfide) groups is 2. The van der Waals surface area contributed by atoms with E-state index in [2.05, 4.69) is 77.4 Å². The lowest BCUT2D eigenvalue weighted by molar-refractivity contribution is 0.0920. The second-order valence-electron chi connectivity index (χ2n) is 7.01. The van der Waals surface area contributed by atoms with Gasteiger partial charge in [0.15, 0.2) is 0 Å². The van der Waals surface area contributed by atoms with Gasteiger partial charge in [0.05, 0.1) is 0 Å². The number of hydrogen-bond donors (Lipinski definition) is 0. The first-order valence-corrected chi connectivity index (χ1v) is 11.0. The van der Waals surface area contributed by atoms with Crippen LogP contribution in [0.5, 0.6) is 0 Å². The molecule has 4 rings (SSSR count). The number of hydrogen-bond acceptors (Lipinski definition) is 4. The van der Waals surface area contributed by atoms with Gasteiger partial charge in [0.25, 0.3) is 0 Å². The Kier molecular flexibility index (Phi) is 5.09. The summed E-state index contributed by atoms with van der Waals surface area (Å²) in [6.07, 6.45) is 10.7. The fourth-order valence-corrected chi connectivity index (χ4v) is 5.90. The zero-order valence-electron chi connectivity index (χ0n) is 14.5. The molecule has 0 N–H and O–H groups in total. The standard InChI is InChI=1S/C20H26N2S2/c1-21-9-11-22(12-10-21)18-13-15-5-3-4-6-19(15)24-20-8-7-16(23-2)14-17(18)20/h3-8,14,17-18,20H,9-13H2,1-2H3. The Morgan fingerprint density at radius 3 is 2.71 bits per heavy atom. The van der Waals surface area contributed by atoms with Crippen molar-refractivity contribution in [2.45, 2.75) is 22.6 Å². The van der Waals surface area contributed by atoms with Crippen LogP contribution in [-0.4, -0.2) is 60.6 Å². The fourth-order valence-electron chi connectivity index (χ4n) is 4.06. The van der Waals surface area contributed by atoms with Crippen molar-refractivity contribution in [2.24, 2.45) is 5.92 Å². The average molecular weight is 359 g/mol. The van der Waals surface area contributed by atoms with Crippen molar-refractivity contribution in [1.29, 1.82) is 0 Å². The Morgan fingerprint density at radius 2 is 1.92 bits per heavy atom. The molecule has 0 bridgehead atoms. The van der Waals surface area contributed by atoms with Gasteiger partial charge >= 0.3 is 0 Å². The third-order valence-corrected chi connectivity index (χ3v) is 7.68. The first kappa shape index (κ1) is 16.8. The second-order valence-corrected chi connectivity index (χ2v) is 9.11. The Morgan fingerprint density at radius 1 is 1.12 bits per heavy atom. The number of likely N-dealkylation sites (N-methyl/N-ethyl adjacent to an activating group) is 1. The van der Waals surface area contributed by atoms with Gasteiger partial charge in [-0.05, 0) is 31.4 Å². The maximum atomic E-state index is 2.76. The molecule has 0 saturated carbocycles. The van der Waals surface area contributed by atoms with E-state index in [1.54, 1.807) is 0 Å². The largest absolute Gasteiger partial charge is 0.304 e. The van der Waals surface area contributed by atoms with E-state index in [4.69, 9.17) is 0 Å². The highest BCUT2D eigenvalue weighted by molar-refractivity contribution is 8.02. The van der Waals surface area contributed by atoms with Crippen LogP contribution in [0.3, 0.4) is 0 Å². The molecule has 3 aliphatic rings. The summed E-state index contributed by atoms with van der Waals surface area (Å²) in [5.41, 5.74) is 1.54. The van der Waals surface area contributed by atoms with Gasteiger partial charge in [-0.15, -0.1) is 23.5 Å². The highest BCUT2D eigenvalue weighted by Crippen LogP contribution is 2.43. The Bertz CT molecular complexity index is 647. The monoisotopic (exact) mass is 358 g/mol. The van der Waals surface area contributed by atoms with Gasteiger partial charge in [0.2, 0.25) is 0 Å². The molecule has 2 aliphatic heterocycles. The quantitative estimate of drug-likeness (QED) is 0.794. The zero-order valence-corrected chi connectivity index (χ0v) is 16.2. The van der Waals surface area contributed by atoms with Gasteiger partial charge in [-0.25, -0.2) is 0 Å². The Hall–Kier alpha value is -0.680. The molecule has 1 fully saturated rings. The van der Waals surface area contributed by atoms with Crippen molar-refractivity contribution < 1.29 is 0 Å². The number of nitrogens with zero attached hydrogens (tertiary/aromatic N) is 2. The summed E-state index contributed by atoms with van der Waals surface area (Å²) in [7, 11) is 2.24. The third-order valence-electron chi connectivity index (χ3n) is 5.54. The molecule has 128 valence electrons. The van der Waals surface area contributed by atoms with Gasteiger partial charge in [-0.1, -0.05) is 36.4 Å². The van der Waals surface area contributed by atoms with E-state index in [0.29, 0.717) is 17.2 Å². The number of fused-ring (bicyclic) bond motifs is 2. The van der Waals surface area contributed by atoms with Gasteiger partial charge < -0.3 is 4.90 Å². The molecule has 0 radical (unpaired) electrons. The van der Waals surface area contributed by atoms with E-state index in [-0.39, 0.29) is 0 Å². The van der Waals surface area contributed by atoms with Crippen molar-refractivity contribution in [3.8, 4) is 0 Å². The van der Waals surface area contributed by atoms with E-state index in [0.717, 1.165) is 0 Å². The molecular weight excluding hydrogens is 332 g/mol. The predicted molar refractivity (Wildman–Crippen MR) is 107 cm³/mol. The van der Waals surface area contributed by atoms with Crippen molar-refractivity contribution in [1.82, 2.24) is 9.80 Å². The normalized spacial score (nSPS) is 31.1. The molecule has 1 saturated heterocycles. The lowest BCUT2D eigenvalue weighted by Crippen LogP contribution is -2.53. The summed E-state index contributed by atoms with van der Waals surface area (Å²) in [6.45, 7) is 4.78. The van der Waals surface area contributed by atoms with Crippen LogP contribution in [0.4, 0.5) is 0 Å². The van der Waals surface area contributed by atoms with Gasteiger partial charge in [0, 0.05) is 53.2 Å². The molecular formula is C20H26N2S2. The predicted octanol–water partition coefficient (Wildman–Crippen LogP) is 3.75. The molecule has 1 aliphatic carbocycles. The molecule has 2 nitrogen and oxygen atoms in total. The molecule has 3 atom stereocenters. The zero-order chi connectivity index (χ0) is 16.5. The number of benzene rings is 1. The maximum absolute atomic E-state index is 2.76. The molecule has 3 unspecified atom stereocenters. The first-order valence-electron chi connectivity index (χ1n) is 8.86. The minimum absolute atomic E-state index is 0.564. The number of rotatable bonds is 2. The topological polar surface area (TPSA) is 6.48 Å². The Balaban J connectivity index is 1.68. The van der Waals surface area contributed by atoms with Crippen LogP contribution < -0.4 is 0 Å². The molecule has 1 aromatic rings. The van der Waals surface area contributed by atoms with E-state index < -0.39 is 0 Å². The van der Waals surface area contributed by atoms with Crippen molar-refractivity contribution in [2.75, 3.05) is 39.5 Å². The summed E-state index contributed by atoms with van der Waals surface area (Å²) >= 11 is 3.94. The van der Waals surface area contributed by atoms with E-state index in [1.165, 1.54) is 48.0 Å². The van der Waals surface area contributed by atoms with Crippen LogP contribution in [0.15, 0.2) is 52.3 Å². The first-order chi connectivity index (χ1) is 11.7. The van der Waals surface area contributed by atoms with Crippen molar-refractivity contribution in [3.05, 3.63) is 53.0 Å². The molecule has 24 heavy (non-hydrogen) atoms. The van der Waals surface area contributed by atoms with E-state index in [9.17, 15) is 0 Å². The fraction of sp³-hybridized carbons (Fsp3) is 0.500. The van der Waals surface area contributed by atoms with E-state index >= 15 is 0 Å². The van der Waals surface area contributed by atoms with E-state index in [1.807, 2.05) is 11.8 Å². The summed E-state index contributed by atoms with van der Waals surface area (Å²) < 4.78 is 0. The number of allylic oxidation sites excluding steroid dienone is 1. The minimum atomic E-state index is 0.564. The average Bonchev–Trinajstić information content (AvgIpc) is 2.78. The van der Waals surface area contributed by atoms with Crippen LogP contribution >= 0.6 is 23.5 Å². The summed E-state index contributed by atoms with van der Waals surface area (Å²) in [6, 6.07) is 9.66. The van der Waals surface area contributed by atoms with Gasteiger partial charge in [-0.2, -0.15) is 0 Å². The SMILES string of the molecule is CSC1=CC2C(C=C1)Sc1ccccc1CC2N1CCN(C)CC1. The minimum Gasteiger partial charge on any atom is -0.304 e. The highest BCUT2D eigenvalue weighted by Gasteiger charge is 2.37. The summed E-state index contributed by atoms with van der Waals surface area (Å²) in [5.74, 6) is 0.609. The van der Waals surface area contributed by atoms with Crippen LogP contribution in [0, 0.1) is 5.92 Å². The van der Waals surface area contributed by atoms with Crippen LogP contribution in [-0.2, 0) is 6.42 Å². The second kappa shape index (κ2) is 7.28. The van der Waals surface area contributed by atoms with Gasteiger partial charge in [0.1, 0.15) is 0 Å². The Labute approximate surface area is 154 Å². The summed E-state index contributed by atoms with van der Waals surface area (Å²) in [5, 5.41) is 0.564. The van der Waals surface area contributed by atoms with Gasteiger partial charge in [-0.3, -0.25) is 4.90 Å². The molecule has 4 heteroatoms. The molecule has 0 spiro atoms. The van der Waals surface area contributed by atoms with Crippen LogP contribution in [0.25, 0.3) is 0 Å². The lowest BCUT2D eigenvalue weighted by atomic mass is 9.86. The van der Waals surface area contributed by atoms with Crippen LogP contribution in [0.1, 0.15) is 5.56 Å². The molecule has 1 aromatic carbocycles. The molecule has 0 amide bonds. The molecule has 2 heterocycles. The highest BCUT2D eigenvalue weighted by atomic mass is 32.2. The smallest absolute Gasteiger partial charge is 0.0356 e. The van der Waals surface area contributed by atoms with Crippen molar-refractivity contribution >= 4 is 23.5 Å². The number of piperazine rings is 1.